The van der Waals surface area contributed by atoms with Crippen molar-refractivity contribution < 1.29 is 14.9 Å². The Hall–Kier alpha value is -4.18. The number of ether oxygens (including phenoxy) is 1. The van der Waals surface area contributed by atoms with Gasteiger partial charge in [0.15, 0.2) is 11.5 Å². The molecule has 174 valence electrons. The zero-order chi connectivity index (χ0) is 24.6. The molecule has 2 aromatic carbocycles. The number of rotatable bonds is 5. The number of hydrogen-bond donors (Lipinski definition) is 3. The molecular weight excluding hydrogens is 430 g/mol. The van der Waals surface area contributed by atoms with Gasteiger partial charge in [-0.1, -0.05) is 44.2 Å². The summed E-state index contributed by atoms with van der Waals surface area (Å²) in [5, 5.41) is 29.2. The van der Waals surface area contributed by atoms with Gasteiger partial charge in [-0.2, -0.15) is 5.26 Å². The van der Waals surface area contributed by atoms with Crippen LogP contribution in [0.1, 0.15) is 53.6 Å². The number of nitrogens with two attached hydrogens (primary N) is 1. The van der Waals surface area contributed by atoms with Gasteiger partial charge in [-0.15, -0.1) is 0 Å². The van der Waals surface area contributed by atoms with Crippen LogP contribution in [0.2, 0.25) is 0 Å². The monoisotopic (exact) mass is 457 g/mol. The van der Waals surface area contributed by atoms with E-state index in [4.69, 9.17) is 10.5 Å². The van der Waals surface area contributed by atoms with Gasteiger partial charge in [-0.3, -0.25) is 4.79 Å². The Morgan fingerprint density at radius 1 is 1.12 bits per heavy atom. The van der Waals surface area contributed by atoms with Crippen molar-refractivity contribution in [2.75, 3.05) is 0 Å². The number of nitriles is 1. The van der Waals surface area contributed by atoms with Crippen molar-refractivity contribution in [1.82, 2.24) is 4.57 Å². The van der Waals surface area contributed by atoms with Gasteiger partial charge in [0.1, 0.15) is 17.4 Å². The number of nitrogens with zero attached hydrogens (tertiary/aromatic N) is 2. The van der Waals surface area contributed by atoms with Crippen LogP contribution >= 0.6 is 0 Å². The number of aromatic nitrogens is 1. The van der Waals surface area contributed by atoms with E-state index in [9.17, 15) is 20.3 Å². The minimum absolute atomic E-state index is 0.00375. The summed E-state index contributed by atoms with van der Waals surface area (Å²) in [6.45, 7) is 6.37. The highest BCUT2D eigenvalue weighted by molar-refractivity contribution is 5.55. The molecule has 0 unspecified atom stereocenters. The summed E-state index contributed by atoms with van der Waals surface area (Å²) in [6, 6.07) is 16.4. The van der Waals surface area contributed by atoms with Crippen LogP contribution in [0, 0.1) is 18.3 Å². The number of phenolic OH excluding ortho intramolecular Hbond substituents is 2. The van der Waals surface area contributed by atoms with Gasteiger partial charge in [0.25, 0.3) is 5.56 Å². The Morgan fingerprint density at radius 2 is 1.82 bits per heavy atom. The van der Waals surface area contributed by atoms with Gasteiger partial charge in [0.05, 0.1) is 11.5 Å². The first-order valence-corrected chi connectivity index (χ1v) is 11.1. The fourth-order valence-corrected chi connectivity index (χ4v) is 4.34. The highest BCUT2D eigenvalue weighted by Gasteiger charge is 2.34. The van der Waals surface area contributed by atoms with Crippen LogP contribution in [0.5, 0.6) is 17.2 Å². The van der Waals surface area contributed by atoms with Gasteiger partial charge < -0.3 is 25.3 Å². The molecule has 1 aromatic heterocycles. The molecule has 34 heavy (non-hydrogen) atoms. The third kappa shape index (κ3) is 4.11. The van der Waals surface area contributed by atoms with Crippen molar-refractivity contribution >= 4 is 0 Å². The minimum atomic E-state index is -0.632. The van der Waals surface area contributed by atoms with E-state index in [0.717, 1.165) is 16.7 Å². The predicted molar refractivity (Wildman–Crippen MR) is 129 cm³/mol. The van der Waals surface area contributed by atoms with E-state index in [2.05, 4.69) is 19.9 Å². The molecule has 1 atom stereocenters. The third-order valence-corrected chi connectivity index (χ3v) is 6.29. The maximum absolute atomic E-state index is 13.7. The van der Waals surface area contributed by atoms with Crippen LogP contribution in [-0.2, 0) is 13.0 Å². The van der Waals surface area contributed by atoms with Gasteiger partial charge in [-0.25, -0.2) is 0 Å². The molecule has 7 nitrogen and oxygen atoms in total. The average molecular weight is 458 g/mol. The standard InChI is InChI=1S/C27H27N3O4/c1-15(2)18-5-7-19(8-6-18)24-20(14-28)26(29)34-23-12-16(3)30(27(33)25(23)24)11-10-17-4-9-21(31)22(32)13-17/h4-9,12-13,15,24,31-32H,10-11,29H2,1-3H3/t24-/m0/s1. The molecule has 4 N–H and O–H groups in total. The number of pyridine rings is 1. The van der Waals surface area contributed by atoms with E-state index >= 15 is 0 Å². The number of hydrogen-bond acceptors (Lipinski definition) is 6. The number of benzene rings is 2. The summed E-state index contributed by atoms with van der Waals surface area (Å²) in [5.41, 5.74) is 9.84. The van der Waals surface area contributed by atoms with Gasteiger partial charge >= 0.3 is 0 Å². The first kappa shape index (κ1) is 23.0. The van der Waals surface area contributed by atoms with Crippen molar-refractivity contribution in [2.24, 2.45) is 5.73 Å². The van der Waals surface area contributed by atoms with Crippen molar-refractivity contribution in [2.45, 2.75) is 45.6 Å². The molecule has 0 radical (unpaired) electrons. The molecule has 4 rings (SSSR count). The maximum Gasteiger partial charge on any atom is 0.258 e. The van der Waals surface area contributed by atoms with Gasteiger partial charge in [0, 0.05) is 18.3 Å². The predicted octanol–water partition coefficient (Wildman–Crippen LogP) is 4.15. The molecule has 3 aromatic rings. The minimum Gasteiger partial charge on any atom is -0.504 e. The van der Waals surface area contributed by atoms with E-state index in [0.29, 0.717) is 35.9 Å². The highest BCUT2D eigenvalue weighted by atomic mass is 16.5. The van der Waals surface area contributed by atoms with E-state index in [1.807, 2.05) is 31.2 Å². The molecule has 0 spiro atoms. The lowest BCUT2D eigenvalue weighted by Gasteiger charge is -2.27. The molecule has 0 saturated heterocycles. The molecule has 7 heteroatoms. The SMILES string of the molecule is Cc1cc2c(c(=O)n1CCc1ccc(O)c(O)c1)[C@@H](c1ccc(C(C)C)cc1)C(C#N)=C(N)O2. The number of aromatic hydroxyl groups is 2. The second-order valence-corrected chi connectivity index (χ2v) is 8.84. The van der Waals surface area contributed by atoms with Gasteiger partial charge in [-0.05, 0) is 48.1 Å². The summed E-state index contributed by atoms with van der Waals surface area (Å²) in [7, 11) is 0. The lowest BCUT2D eigenvalue weighted by atomic mass is 9.83. The number of allylic oxidation sites excluding steroid dienone is 1. The molecule has 0 fully saturated rings. The van der Waals surface area contributed by atoms with Crippen molar-refractivity contribution in [3.05, 3.63) is 98.3 Å². The normalized spacial score (nSPS) is 15.1. The second-order valence-electron chi connectivity index (χ2n) is 8.84. The Balaban J connectivity index is 1.79. The summed E-state index contributed by atoms with van der Waals surface area (Å²) in [6.07, 6.45) is 0.463. The van der Waals surface area contributed by atoms with Crippen LogP contribution in [0.4, 0.5) is 0 Å². The summed E-state index contributed by atoms with van der Waals surface area (Å²) >= 11 is 0. The Labute approximate surface area is 198 Å². The molecular formula is C27H27N3O4. The molecule has 0 bridgehead atoms. The fraction of sp³-hybridized carbons (Fsp3) is 0.259. The van der Waals surface area contributed by atoms with Crippen LogP contribution in [0.25, 0.3) is 0 Å². The molecule has 0 aliphatic carbocycles. The largest absolute Gasteiger partial charge is 0.504 e. The van der Waals surface area contributed by atoms with Crippen molar-refractivity contribution in [1.29, 1.82) is 5.26 Å². The van der Waals surface area contributed by atoms with E-state index in [-0.39, 0.29) is 28.5 Å². The lowest BCUT2D eigenvalue weighted by molar-refractivity contribution is 0.388. The van der Waals surface area contributed by atoms with Crippen LogP contribution < -0.4 is 16.0 Å². The number of aryl methyl sites for hydroxylation is 2. The molecule has 0 amide bonds. The lowest BCUT2D eigenvalue weighted by Crippen LogP contribution is -2.33. The first-order chi connectivity index (χ1) is 16.2. The van der Waals surface area contributed by atoms with Crippen LogP contribution in [-0.4, -0.2) is 14.8 Å². The van der Waals surface area contributed by atoms with Crippen molar-refractivity contribution in [3.63, 3.8) is 0 Å². The van der Waals surface area contributed by atoms with E-state index in [1.165, 1.54) is 12.1 Å². The molecule has 1 aliphatic heterocycles. The third-order valence-electron chi connectivity index (χ3n) is 6.29. The Morgan fingerprint density at radius 3 is 2.44 bits per heavy atom. The number of fused-ring (bicyclic) bond motifs is 1. The topological polar surface area (TPSA) is 122 Å². The average Bonchev–Trinajstić information content (AvgIpc) is 2.80. The fourth-order valence-electron chi connectivity index (χ4n) is 4.34. The Kier molecular flexibility index (Phi) is 6.08. The zero-order valence-electron chi connectivity index (χ0n) is 19.4. The van der Waals surface area contributed by atoms with Crippen LogP contribution in [0.15, 0.2) is 64.8 Å². The summed E-state index contributed by atoms with van der Waals surface area (Å²) in [4.78, 5) is 13.7. The quantitative estimate of drug-likeness (QED) is 0.495. The highest BCUT2D eigenvalue weighted by Crippen LogP contribution is 2.40. The first-order valence-electron chi connectivity index (χ1n) is 11.1. The number of phenols is 2. The maximum atomic E-state index is 13.7. The smallest absolute Gasteiger partial charge is 0.258 e. The van der Waals surface area contributed by atoms with E-state index < -0.39 is 5.92 Å². The summed E-state index contributed by atoms with van der Waals surface area (Å²) < 4.78 is 7.36. The van der Waals surface area contributed by atoms with Gasteiger partial charge in [0.2, 0.25) is 5.88 Å². The van der Waals surface area contributed by atoms with Crippen LogP contribution in [0.3, 0.4) is 0 Å². The molecule has 1 aliphatic rings. The molecule has 0 saturated carbocycles. The molecule has 2 heterocycles. The summed E-state index contributed by atoms with van der Waals surface area (Å²) in [5.74, 6) is -0.315. The van der Waals surface area contributed by atoms with Crippen molar-refractivity contribution in [3.8, 4) is 23.3 Å². The Bertz CT molecular complexity index is 1380. The second kappa shape index (κ2) is 8.99. The van der Waals surface area contributed by atoms with E-state index in [1.54, 1.807) is 16.7 Å². The zero-order valence-corrected chi connectivity index (χ0v) is 19.4.